The normalized spacial score (nSPS) is 35.8. The first-order valence-electron chi connectivity index (χ1n) is 4.96. The van der Waals surface area contributed by atoms with Crippen LogP contribution in [0.25, 0.3) is 0 Å². The predicted octanol–water partition coefficient (Wildman–Crippen LogP) is 0.198. The summed E-state index contributed by atoms with van der Waals surface area (Å²) in [6.45, 7) is 4.24. The van der Waals surface area contributed by atoms with Crippen molar-refractivity contribution in [3.8, 4) is 0 Å². The molecular formula is C9H18N2O. The Morgan fingerprint density at radius 2 is 1.92 bits per heavy atom. The first kappa shape index (κ1) is 8.48. The van der Waals surface area contributed by atoms with Crippen LogP contribution in [0, 0.1) is 0 Å². The lowest BCUT2D eigenvalue weighted by Crippen LogP contribution is -2.43. The minimum atomic E-state index is 0.529. The van der Waals surface area contributed by atoms with Crippen LogP contribution in [0.3, 0.4) is 0 Å². The molecule has 2 rings (SSSR count). The van der Waals surface area contributed by atoms with Crippen molar-refractivity contribution in [2.75, 3.05) is 26.2 Å². The summed E-state index contributed by atoms with van der Waals surface area (Å²) in [6.07, 6.45) is 4.72. The lowest BCUT2D eigenvalue weighted by molar-refractivity contribution is -0.0382. The van der Waals surface area contributed by atoms with Crippen LogP contribution >= 0.6 is 0 Å². The molecule has 2 saturated heterocycles. The van der Waals surface area contributed by atoms with Crippen molar-refractivity contribution in [1.29, 1.82) is 0 Å². The summed E-state index contributed by atoms with van der Waals surface area (Å²) < 4.78 is 5.73. The summed E-state index contributed by atoms with van der Waals surface area (Å²) in [4.78, 5) is 2.50. The van der Waals surface area contributed by atoms with E-state index in [1.165, 1.54) is 12.8 Å². The van der Waals surface area contributed by atoms with Gasteiger partial charge in [0.1, 0.15) is 0 Å². The SMILES string of the molecule is NCCCN1CC2CCC(C1)O2. The van der Waals surface area contributed by atoms with Gasteiger partial charge in [0.2, 0.25) is 0 Å². The van der Waals surface area contributed by atoms with E-state index in [4.69, 9.17) is 10.5 Å². The van der Waals surface area contributed by atoms with Crippen molar-refractivity contribution in [1.82, 2.24) is 4.90 Å². The molecule has 12 heavy (non-hydrogen) atoms. The number of likely N-dealkylation sites (tertiary alicyclic amines) is 1. The largest absolute Gasteiger partial charge is 0.372 e. The number of rotatable bonds is 3. The Bertz CT molecular complexity index is 139. The molecule has 3 heteroatoms. The molecule has 0 saturated carbocycles. The van der Waals surface area contributed by atoms with Gasteiger partial charge in [0.05, 0.1) is 12.2 Å². The van der Waals surface area contributed by atoms with Crippen LogP contribution in [0.4, 0.5) is 0 Å². The second kappa shape index (κ2) is 3.73. The standard InChI is InChI=1S/C9H18N2O/c10-4-1-5-11-6-8-2-3-9(7-11)12-8/h8-9H,1-7,10H2. The summed E-state index contributed by atoms with van der Waals surface area (Å²) in [6, 6.07) is 0. The smallest absolute Gasteiger partial charge is 0.0707 e. The molecule has 2 heterocycles. The van der Waals surface area contributed by atoms with Gasteiger partial charge in [-0.2, -0.15) is 0 Å². The molecule has 0 aliphatic carbocycles. The molecule has 2 bridgehead atoms. The average molecular weight is 170 g/mol. The van der Waals surface area contributed by atoms with Crippen molar-refractivity contribution < 1.29 is 4.74 Å². The molecule has 0 spiro atoms. The summed E-state index contributed by atoms with van der Waals surface area (Å²) in [5, 5.41) is 0. The molecule has 0 aromatic carbocycles. The van der Waals surface area contributed by atoms with Crippen molar-refractivity contribution in [3.63, 3.8) is 0 Å². The second-order valence-corrected chi connectivity index (χ2v) is 3.86. The number of ether oxygens (including phenoxy) is 1. The third kappa shape index (κ3) is 1.79. The van der Waals surface area contributed by atoms with Crippen molar-refractivity contribution in [2.24, 2.45) is 5.73 Å². The summed E-state index contributed by atoms with van der Waals surface area (Å²) in [5.74, 6) is 0. The summed E-state index contributed by atoms with van der Waals surface area (Å²) in [7, 11) is 0. The van der Waals surface area contributed by atoms with Crippen LogP contribution in [0.15, 0.2) is 0 Å². The highest BCUT2D eigenvalue weighted by molar-refractivity contribution is 4.84. The Hall–Kier alpha value is -0.120. The van der Waals surface area contributed by atoms with E-state index in [1.807, 2.05) is 0 Å². The Morgan fingerprint density at radius 3 is 2.50 bits per heavy atom. The minimum absolute atomic E-state index is 0.529. The summed E-state index contributed by atoms with van der Waals surface area (Å²) in [5.41, 5.74) is 5.47. The minimum Gasteiger partial charge on any atom is -0.372 e. The van der Waals surface area contributed by atoms with E-state index in [2.05, 4.69) is 4.90 Å². The average Bonchev–Trinajstić information content (AvgIpc) is 2.42. The third-order valence-corrected chi connectivity index (χ3v) is 2.80. The molecule has 3 nitrogen and oxygen atoms in total. The fourth-order valence-corrected chi connectivity index (χ4v) is 2.20. The number of nitrogens with zero attached hydrogens (tertiary/aromatic N) is 1. The number of fused-ring (bicyclic) bond motifs is 2. The van der Waals surface area contributed by atoms with Crippen molar-refractivity contribution in [3.05, 3.63) is 0 Å². The van der Waals surface area contributed by atoms with Gasteiger partial charge in [0.15, 0.2) is 0 Å². The van der Waals surface area contributed by atoms with Gasteiger partial charge in [-0.05, 0) is 32.4 Å². The molecule has 2 aliphatic heterocycles. The van der Waals surface area contributed by atoms with Crippen LogP contribution in [0.2, 0.25) is 0 Å². The van der Waals surface area contributed by atoms with Gasteiger partial charge in [0.25, 0.3) is 0 Å². The van der Waals surface area contributed by atoms with E-state index >= 15 is 0 Å². The van der Waals surface area contributed by atoms with Crippen molar-refractivity contribution in [2.45, 2.75) is 31.5 Å². The Labute approximate surface area is 73.9 Å². The van der Waals surface area contributed by atoms with E-state index in [9.17, 15) is 0 Å². The Kier molecular flexibility index (Phi) is 2.63. The van der Waals surface area contributed by atoms with Gasteiger partial charge >= 0.3 is 0 Å². The maximum atomic E-state index is 5.73. The molecule has 2 aliphatic rings. The lowest BCUT2D eigenvalue weighted by atomic mass is 10.2. The lowest BCUT2D eigenvalue weighted by Gasteiger charge is -2.31. The molecule has 0 amide bonds. The van der Waals surface area contributed by atoms with E-state index in [-0.39, 0.29) is 0 Å². The first-order chi connectivity index (χ1) is 5.88. The highest BCUT2D eigenvalue weighted by Crippen LogP contribution is 2.25. The molecule has 2 N–H and O–H groups in total. The molecule has 70 valence electrons. The molecular weight excluding hydrogens is 152 g/mol. The van der Waals surface area contributed by atoms with Crippen LogP contribution < -0.4 is 5.73 Å². The quantitative estimate of drug-likeness (QED) is 0.657. The topological polar surface area (TPSA) is 38.5 Å². The molecule has 0 aromatic heterocycles. The van der Waals surface area contributed by atoms with Crippen LogP contribution in [-0.2, 0) is 4.74 Å². The maximum Gasteiger partial charge on any atom is 0.0707 e. The highest BCUT2D eigenvalue weighted by atomic mass is 16.5. The van der Waals surface area contributed by atoms with Gasteiger partial charge in [-0.25, -0.2) is 0 Å². The number of nitrogens with two attached hydrogens (primary N) is 1. The van der Waals surface area contributed by atoms with E-state index in [0.717, 1.165) is 32.6 Å². The fourth-order valence-electron chi connectivity index (χ4n) is 2.20. The maximum absolute atomic E-state index is 5.73. The van der Waals surface area contributed by atoms with Gasteiger partial charge in [-0.1, -0.05) is 0 Å². The predicted molar refractivity (Wildman–Crippen MR) is 48.0 cm³/mol. The van der Waals surface area contributed by atoms with Gasteiger partial charge in [-0.15, -0.1) is 0 Å². The fraction of sp³-hybridized carbons (Fsp3) is 1.00. The molecule has 0 radical (unpaired) electrons. The van der Waals surface area contributed by atoms with E-state index in [0.29, 0.717) is 12.2 Å². The van der Waals surface area contributed by atoms with Gasteiger partial charge in [0, 0.05) is 13.1 Å². The van der Waals surface area contributed by atoms with E-state index < -0.39 is 0 Å². The van der Waals surface area contributed by atoms with Gasteiger partial charge < -0.3 is 10.5 Å². The Balaban J connectivity index is 1.78. The molecule has 0 aromatic rings. The number of hydrogen-bond acceptors (Lipinski definition) is 3. The zero-order chi connectivity index (χ0) is 8.39. The van der Waals surface area contributed by atoms with Gasteiger partial charge in [-0.3, -0.25) is 4.90 Å². The zero-order valence-electron chi connectivity index (χ0n) is 7.54. The highest BCUT2D eigenvalue weighted by Gasteiger charge is 2.32. The molecule has 2 atom stereocenters. The van der Waals surface area contributed by atoms with Crippen LogP contribution in [-0.4, -0.2) is 43.3 Å². The number of hydrogen-bond donors (Lipinski definition) is 1. The summed E-state index contributed by atoms with van der Waals surface area (Å²) >= 11 is 0. The second-order valence-electron chi connectivity index (χ2n) is 3.86. The van der Waals surface area contributed by atoms with Crippen LogP contribution in [0.1, 0.15) is 19.3 Å². The Morgan fingerprint density at radius 1 is 1.25 bits per heavy atom. The monoisotopic (exact) mass is 170 g/mol. The van der Waals surface area contributed by atoms with E-state index in [1.54, 1.807) is 0 Å². The first-order valence-corrected chi connectivity index (χ1v) is 4.96. The third-order valence-electron chi connectivity index (χ3n) is 2.80. The molecule has 2 fully saturated rings. The zero-order valence-corrected chi connectivity index (χ0v) is 7.54. The van der Waals surface area contributed by atoms with Crippen molar-refractivity contribution >= 4 is 0 Å². The molecule has 2 unspecified atom stereocenters. The van der Waals surface area contributed by atoms with Crippen LogP contribution in [0.5, 0.6) is 0 Å². The number of morpholine rings is 1.